The van der Waals surface area contributed by atoms with E-state index >= 15 is 0 Å². The monoisotopic (exact) mass is 414 g/mol. The summed E-state index contributed by atoms with van der Waals surface area (Å²) in [5.74, 6) is 0.303. The Kier molecular flexibility index (Phi) is 5.51. The second-order valence-corrected chi connectivity index (χ2v) is 8.72. The summed E-state index contributed by atoms with van der Waals surface area (Å²) in [4.78, 5) is 26.8. The lowest BCUT2D eigenvalue weighted by atomic mass is 9.87. The summed E-state index contributed by atoms with van der Waals surface area (Å²) >= 11 is 0. The van der Waals surface area contributed by atoms with Gasteiger partial charge in [-0.1, -0.05) is 63.2 Å². The molecule has 0 radical (unpaired) electrons. The molecule has 5 heteroatoms. The Morgan fingerprint density at radius 2 is 1.71 bits per heavy atom. The first kappa shape index (κ1) is 20.7. The molecule has 1 N–H and O–H groups in total. The van der Waals surface area contributed by atoms with Gasteiger partial charge >= 0.3 is 0 Å². The molecule has 158 valence electrons. The third-order valence-corrected chi connectivity index (χ3v) is 5.36. The molecule has 3 aromatic carbocycles. The van der Waals surface area contributed by atoms with E-state index in [0.29, 0.717) is 29.2 Å². The average Bonchev–Trinajstić information content (AvgIpc) is 2.76. The van der Waals surface area contributed by atoms with E-state index in [9.17, 15) is 9.59 Å². The second-order valence-electron chi connectivity index (χ2n) is 8.72. The smallest absolute Gasteiger partial charge is 0.265 e. The van der Waals surface area contributed by atoms with E-state index in [2.05, 4.69) is 26.1 Å². The van der Waals surface area contributed by atoms with Gasteiger partial charge < -0.3 is 15.0 Å². The largest absolute Gasteiger partial charge is 0.481 e. The fraction of sp³-hybridized carbons (Fsp3) is 0.231. The third-order valence-electron chi connectivity index (χ3n) is 5.36. The van der Waals surface area contributed by atoms with Crippen molar-refractivity contribution in [3.8, 4) is 5.75 Å². The summed E-state index contributed by atoms with van der Waals surface area (Å²) in [6.07, 6.45) is 0. The van der Waals surface area contributed by atoms with Gasteiger partial charge in [0.05, 0.1) is 12.2 Å². The topological polar surface area (TPSA) is 58.6 Å². The van der Waals surface area contributed by atoms with Crippen LogP contribution in [0, 0.1) is 0 Å². The Labute approximate surface area is 182 Å². The van der Waals surface area contributed by atoms with Gasteiger partial charge in [0.15, 0.2) is 6.61 Å². The van der Waals surface area contributed by atoms with Crippen LogP contribution < -0.4 is 15.0 Å². The van der Waals surface area contributed by atoms with Gasteiger partial charge in [0.1, 0.15) is 5.75 Å². The molecule has 0 unspecified atom stereocenters. The number of benzene rings is 3. The highest BCUT2D eigenvalue weighted by molar-refractivity contribution is 6.05. The first-order chi connectivity index (χ1) is 14.8. The van der Waals surface area contributed by atoms with Crippen LogP contribution in [0.3, 0.4) is 0 Å². The van der Waals surface area contributed by atoms with E-state index in [-0.39, 0.29) is 23.8 Å². The quantitative estimate of drug-likeness (QED) is 0.641. The van der Waals surface area contributed by atoms with Crippen LogP contribution in [0.5, 0.6) is 5.75 Å². The fourth-order valence-electron chi connectivity index (χ4n) is 3.55. The Morgan fingerprint density at radius 1 is 1.00 bits per heavy atom. The number of rotatable bonds is 4. The fourth-order valence-corrected chi connectivity index (χ4v) is 3.55. The molecule has 0 spiro atoms. The molecule has 0 fully saturated rings. The summed E-state index contributed by atoms with van der Waals surface area (Å²) in [6.45, 7) is 6.87. The van der Waals surface area contributed by atoms with Gasteiger partial charge in [-0.2, -0.15) is 0 Å². The number of hydrogen-bond donors (Lipinski definition) is 1. The van der Waals surface area contributed by atoms with Crippen LogP contribution in [0.15, 0.2) is 72.8 Å². The van der Waals surface area contributed by atoms with Crippen LogP contribution in [0.25, 0.3) is 0 Å². The Bertz CT molecular complexity index is 1100. The van der Waals surface area contributed by atoms with Crippen molar-refractivity contribution in [2.75, 3.05) is 16.8 Å². The zero-order valence-electron chi connectivity index (χ0n) is 18.0. The van der Waals surface area contributed by atoms with Crippen LogP contribution in [0.1, 0.15) is 42.3 Å². The highest BCUT2D eigenvalue weighted by atomic mass is 16.5. The number of amides is 2. The maximum Gasteiger partial charge on any atom is 0.265 e. The van der Waals surface area contributed by atoms with Gasteiger partial charge in [-0.25, -0.2) is 0 Å². The van der Waals surface area contributed by atoms with Gasteiger partial charge in [0, 0.05) is 17.3 Å². The minimum absolute atomic E-state index is 0.0223. The molecule has 1 aliphatic rings. The third kappa shape index (κ3) is 4.61. The molecule has 0 aromatic heterocycles. The van der Waals surface area contributed by atoms with Gasteiger partial charge in [0.2, 0.25) is 0 Å². The number of fused-ring (bicyclic) bond motifs is 1. The van der Waals surface area contributed by atoms with Crippen molar-refractivity contribution in [3.63, 3.8) is 0 Å². The van der Waals surface area contributed by atoms with Crippen LogP contribution in [0.2, 0.25) is 0 Å². The van der Waals surface area contributed by atoms with Crippen molar-refractivity contribution in [3.05, 3.63) is 89.5 Å². The van der Waals surface area contributed by atoms with Crippen molar-refractivity contribution >= 4 is 23.2 Å². The van der Waals surface area contributed by atoms with Crippen molar-refractivity contribution in [1.29, 1.82) is 0 Å². The number of carbonyl (C=O) groups is 2. The Balaban J connectivity index is 1.51. The molecular formula is C26H26N2O3. The predicted molar refractivity (Wildman–Crippen MR) is 123 cm³/mol. The standard InChI is InChI=1S/C26H26N2O3/c1-26(2,3)20-11-9-19(10-12-20)25(30)27-21-13-14-22-23(15-21)31-17-24(29)28(22)16-18-7-5-4-6-8-18/h4-15H,16-17H2,1-3H3,(H,27,30). The Morgan fingerprint density at radius 3 is 2.39 bits per heavy atom. The lowest BCUT2D eigenvalue weighted by molar-refractivity contribution is -0.121. The highest BCUT2D eigenvalue weighted by Gasteiger charge is 2.26. The molecule has 1 aliphatic heterocycles. The van der Waals surface area contributed by atoms with Crippen molar-refractivity contribution in [1.82, 2.24) is 0 Å². The molecule has 1 heterocycles. The van der Waals surface area contributed by atoms with E-state index in [0.717, 1.165) is 5.56 Å². The summed E-state index contributed by atoms with van der Waals surface area (Å²) in [7, 11) is 0. The summed E-state index contributed by atoms with van der Waals surface area (Å²) in [5.41, 5.74) is 4.17. The van der Waals surface area contributed by atoms with E-state index in [4.69, 9.17) is 4.74 Å². The normalized spacial score (nSPS) is 13.4. The predicted octanol–water partition coefficient (Wildman–Crippen LogP) is 5.16. The molecule has 5 nitrogen and oxygen atoms in total. The number of hydrogen-bond acceptors (Lipinski definition) is 3. The summed E-state index contributed by atoms with van der Waals surface area (Å²) < 4.78 is 5.64. The molecule has 4 rings (SSSR count). The number of nitrogens with one attached hydrogen (secondary N) is 1. The molecule has 31 heavy (non-hydrogen) atoms. The van der Waals surface area contributed by atoms with Crippen LogP contribution >= 0.6 is 0 Å². The van der Waals surface area contributed by atoms with Gasteiger partial charge in [-0.15, -0.1) is 0 Å². The van der Waals surface area contributed by atoms with Gasteiger partial charge in [-0.3, -0.25) is 9.59 Å². The SMILES string of the molecule is CC(C)(C)c1ccc(C(=O)Nc2ccc3c(c2)OCC(=O)N3Cc2ccccc2)cc1. The van der Waals surface area contributed by atoms with E-state index in [1.54, 1.807) is 17.0 Å². The van der Waals surface area contributed by atoms with E-state index in [1.807, 2.05) is 60.7 Å². The molecular weight excluding hydrogens is 388 g/mol. The first-order valence-electron chi connectivity index (χ1n) is 10.3. The van der Waals surface area contributed by atoms with Gasteiger partial charge in [0.25, 0.3) is 11.8 Å². The molecule has 0 atom stereocenters. The Hall–Kier alpha value is -3.60. The van der Waals surface area contributed by atoms with Crippen molar-refractivity contribution in [2.45, 2.75) is 32.7 Å². The maximum atomic E-state index is 12.7. The number of nitrogens with zero attached hydrogens (tertiary/aromatic N) is 1. The number of anilines is 2. The molecule has 3 aromatic rings. The second kappa shape index (κ2) is 8.26. The summed E-state index contributed by atoms with van der Waals surface area (Å²) in [5, 5.41) is 2.92. The maximum absolute atomic E-state index is 12.7. The van der Waals surface area contributed by atoms with E-state index < -0.39 is 0 Å². The number of ether oxygens (including phenoxy) is 1. The van der Waals surface area contributed by atoms with Crippen molar-refractivity contribution in [2.24, 2.45) is 0 Å². The van der Waals surface area contributed by atoms with Crippen LogP contribution in [0.4, 0.5) is 11.4 Å². The molecule has 0 saturated carbocycles. The molecule has 0 saturated heterocycles. The average molecular weight is 415 g/mol. The van der Waals surface area contributed by atoms with Crippen LogP contribution in [-0.2, 0) is 16.8 Å². The molecule has 0 bridgehead atoms. The zero-order valence-corrected chi connectivity index (χ0v) is 18.0. The highest BCUT2D eigenvalue weighted by Crippen LogP contribution is 2.35. The minimum Gasteiger partial charge on any atom is -0.481 e. The summed E-state index contributed by atoms with van der Waals surface area (Å²) in [6, 6.07) is 22.8. The molecule has 2 amide bonds. The van der Waals surface area contributed by atoms with Crippen LogP contribution in [-0.4, -0.2) is 18.4 Å². The van der Waals surface area contributed by atoms with Crippen molar-refractivity contribution < 1.29 is 14.3 Å². The van der Waals surface area contributed by atoms with E-state index in [1.165, 1.54) is 5.56 Å². The molecule has 0 aliphatic carbocycles. The number of carbonyl (C=O) groups excluding carboxylic acids is 2. The zero-order chi connectivity index (χ0) is 22.0. The van der Waals surface area contributed by atoms with Gasteiger partial charge in [-0.05, 0) is 40.8 Å². The lowest BCUT2D eigenvalue weighted by Gasteiger charge is -2.29. The lowest BCUT2D eigenvalue weighted by Crippen LogP contribution is -2.38. The first-order valence-corrected chi connectivity index (χ1v) is 10.3. The minimum atomic E-state index is -0.187.